The van der Waals surface area contributed by atoms with E-state index in [1.807, 2.05) is 49.4 Å². The molecule has 1 aliphatic rings. The van der Waals surface area contributed by atoms with Crippen LogP contribution in [-0.4, -0.2) is 19.1 Å². The van der Waals surface area contributed by atoms with Crippen molar-refractivity contribution in [3.05, 3.63) is 82.4 Å². The lowest BCUT2D eigenvalue weighted by atomic mass is 9.99. The lowest BCUT2D eigenvalue weighted by Crippen LogP contribution is -2.18. The van der Waals surface area contributed by atoms with Gasteiger partial charge in [0.25, 0.3) is 10.1 Å². The first kappa shape index (κ1) is 19.0. The second-order valence-electron chi connectivity index (χ2n) is 7.04. The van der Waals surface area contributed by atoms with E-state index < -0.39 is 10.1 Å². The molecule has 1 heterocycles. The summed E-state index contributed by atoms with van der Waals surface area (Å²) in [6.07, 6.45) is 0.868. The molecule has 0 amide bonds. The zero-order valence-corrected chi connectivity index (χ0v) is 16.8. The molecule has 0 spiro atoms. The minimum atomic E-state index is -4.28. The first-order valence-corrected chi connectivity index (χ1v) is 10.7. The van der Waals surface area contributed by atoms with Gasteiger partial charge in [0.2, 0.25) is 0 Å². The number of rotatable bonds is 4. The van der Waals surface area contributed by atoms with Gasteiger partial charge in [-0.05, 0) is 41.8 Å². The van der Waals surface area contributed by atoms with Gasteiger partial charge >= 0.3 is 0 Å². The largest absolute Gasteiger partial charge is 0.489 e. The summed E-state index contributed by atoms with van der Waals surface area (Å²) in [5.74, 6) is 0.816. The molecule has 1 unspecified atom stereocenters. The summed E-state index contributed by atoms with van der Waals surface area (Å²) in [5, 5.41) is 0.673. The van der Waals surface area contributed by atoms with E-state index in [1.165, 1.54) is 6.07 Å². The molecule has 0 bridgehead atoms. The lowest BCUT2D eigenvalue weighted by molar-refractivity contribution is 0.233. The minimum absolute atomic E-state index is 0.0596. The average molecular weight is 415 g/mol. The molecule has 0 radical (unpaired) electrons. The Labute approximate surface area is 169 Å². The van der Waals surface area contributed by atoms with E-state index in [-0.39, 0.29) is 11.0 Å². The highest BCUT2D eigenvalue weighted by molar-refractivity contribution is 7.85. The zero-order chi connectivity index (χ0) is 19.9. The summed E-state index contributed by atoms with van der Waals surface area (Å²) in [6, 6.07) is 18.5. The van der Waals surface area contributed by atoms with Gasteiger partial charge in [-0.2, -0.15) is 8.42 Å². The fraction of sp³-hybridized carbons (Fsp3) is 0.182. The van der Waals surface area contributed by atoms with E-state index in [4.69, 9.17) is 16.3 Å². The van der Waals surface area contributed by atoms with E-state index in [0.717, 1.165) is 28.0 Å². The standard InChI is InChI=1S/C22H19ClO4S/c1-14-5-10-21(28(24,25)26)17(11-14)13-19-12-16-3-2-4-20(22(16)27-19)15-6-8-18(23)9-7-15/h2-11,19H,12-13H2,1H3,(H,24,25,26). The van der Waals surface area contributed by atoms with Gasteiger partial charge in [-0.15, -0.1) is 0 Å². The number of halogens is 1. The second-order valence-corrected chi connectivity index (χ2v) is 8.86. The molecule has 1 N–H and O–H groups in total. The molecule has 4 rings (SSSR count). The summed E-state index contributed by atoms with van der Waals surface area (Å²) in [6.45, 7) is 1.89. The summed E-state index contributed by atoms with van der Waals surface area (Å²) < 4.78 is 39.2. The normalized spacial score (nSPS) is 15.9. The molecule has 6 heteroatoms. The molecule has 1 atom stereocenters. The van der Waals surface area contributed by atoms with Crippen molar-refractivity contribution in [3.8, 4) is 16.9 Å². The van der Waals surface area contributed by atoms with Gasteiger partial charge in [-0.1, -0.05) is 59.6 Å². The highest BCUT2D eigenvalue weighted by Gasteiger charge is 2.28. The highest BCUT2D eigenvalue weighted by Crippen LogP contribution is 2.40. The maximum absolute atomic E-state index is 11.7. The van der Waals surface area contributed by atoms with E-state index in [0.29, 0.717) is 23.4 Å². The Kier molecular flexibility index (Phi) is 4.91. The molecule has 0 aromatic heterocycles. The monoisotopic (exact) mass is 414 g/mol. The summed E-state index contributed by atoms with van der Waals surface area (Å²) in [4.78, 5) is -0.0596. The maximum atomic E-state index is 11.7. The van der Waals surface area contributed by atoms with Crippen molar-refractivity contribution >= 4 is 21.7 Å². The molecule has 0 aliphatic carbocycles. The Morgan fingerprint density at radius 3 is 2.57 bits per heavy atom. The van der Waals surface area contributed by atoms with Crippen LogP contribution in [0, 0.1) is 6.92 Å². The van der Waals surface area contributed by atoms with Crippen molar-refractivity contribution in [2.24, 2.45) is 0 Å². The third-order valence-electron chi connectivity index (χ3n) is 4.93. The number of hydrogen-bond donors (Lipinski definition) is 1. The van der Waals surface area contributed by atoms with Gasteiger partial charge < -0.3 is 4.74 Å². The Bertz CT molecular complexity index is 1140. The molecule has 0 fully saturated rings. The third kappa shape index (κ3) is 3.78. The van der Waals surface area contributed by atoms with Crippen LogP contribution in [0.5, 0.6) is 5.75 Å². The van der Waals surface area contributed by atoms with Crippen LogP contribution in [0.25, 0.3) is 11.1 Å². The number of ether oxygens (including phenoxy) is 1. The fourth-order valence-corrected chi connectivity index (χ4v) is 4.51. The summed E-state index contributed by atoms with van der Waals surface area (Å²) in [7, 11) is -4.28. The van der Waals surface area contributed by atoms with Crippen LogP contribution < -0.4 is 4.74 Å². The molecule has 1 aliphatic heterocycles. The molecule has 0 saturated carbocycles. The Morgan fingerprint density at radius 2 is 1.86 bits per heavy atom. The van der Waals surface area contributed by atoms with Crippen LogP contribution in [0.1, 0.15) is 16.7 Å². The Hall–Kier alpha value is -2.34. The van der Waals surface area contributed by atoms with Gasteiger partial charge in [0.05, 0.1) is 4.90 Å². The molecular formula is C22H19ClO4S. The summed E-state index contributed by atoms with van der Waals surface area (Å²) >= 11 is 5.99. The van der Waals surface area contributed by atoms with Crippen molar-refractivity contribution in [1.29, 1.82) is 0 Å². The lowest BCUT2D eigenvalue weighted by Gasteiger charge is -2.15. The summed E-state index contributed by atoms with van der Waals surface area (Å²) in [5.41, 5.74) is 4.57. The topological polar surface area (TPSA) is 63.6 Å². The van der Waals surface area contributed by atoms with Crippen molar-refractivity contribution < 1.29 is 17.7 Å². The van der Waals surface area contributed by atoms with Gasteiger partial charge in [-0.3, -0.25) is 4.55 Å². The maximum Gasteiger partial charge on any atom is 0.294 e. The van der Waals surface area contributed by atoms with Gasteiger partial charge in [-0.25, -0.2) is 0 Å². The van der Waals surface area contributed by atoms with Crippen LogP contribution in [0.2, 0.25) is 5.02 Å². The Morgan fingerprint density at radius 1 is 1.11 bits per heavy atom. The zero-order valence-electron chi connectivity index (χ0n) is 15.2. The van der Waals surface area contributed by atoms with Crippen LogP contribution in [0.15, 0.2) is 65.6 Å². The Balaban J connectivity index is 1.65. The molecule has 0 saturated heterocycles. The average Bonchev–Trinajstić information content (AvgIpc) is 3.04. The van der Waals surface area contributed by atoms with Crippen LogP contribution in [-0.2, 0) is 23.0 Å². The first-order chi connectivity index (χ1) is 13.3. The fourth-order valence-electron chi connectivity index (χ4n) is 3.67. The van der Waals surface area contributed by atoms with Crippen molar-refractivity contribution in [1.82, 2.24) is 0 Å². The molecule has 3 aromatic rings. The van der Waals surface area contributed by atoms with Crippen LogP contribution in [0.4, 0.5) is 0 Å². The predicted octanol–water partition coefficient (Wildman–Crippen LogP) is 5.11. The van der Waals surface area contributed by atoms with Crippen molar-refractivity contribution in [2.45, 2.75) is 30.8 Å². The quantitative estimate of drug-likeness (QED) is 0.602. The van der Waals surface area contributed by atoms with Gasteiger partial charge in [0.1, 0.15) is 11.9 Å². The van der Waals surface area contributed by atoms with Crippen molar-refractivity contribution in [3.63, 3.8) is 0 Å². The third-order valence-corrected chi connectivity index (χ3v) is 6.13. The minimum Gasteiger partial charge on any atom is -0.489 e. The smallest absolute Gasteiger partial charge is 0.294 e. The highest BCUT2D eigenvalue weighted by atomic mass is 35.5. The van der Waals surface area contributed by atoms with E-state index in [2.05, 4.69) is 0 Å². The number of benzene rings is 3. The number of aryl methyl sites for hydroxylation is 1. The van der Waals surface area contributed by atoms with Gasteiger partial charge in [0.15, 0.2) is 0 Å². The number of para-hydroxylation sites is 1. The second kappa shape index (κ2) is 7.24. The molecule has 3 aromatic carbocycles. The van der Waals surface area contributed by atoms with E-state index >= 15 is 0 Å². The van der Waals surface area contributed by atoms with Crippen LogP contribution in [0.3, 0.4) is 0 Å². The number of hydrogen-bond acceptors (Lipinski definition) is 3. The van der Waals surface area contributed by atoms with E-state index in [1.54, 1.807) is 12.1 Å². The molecule has 4 nitrogen and oxygen atoms in total. The van der Waals surface area contributed by atoms with E-state index in [9.17, 15) is 13.0 Å². The molecule has 144 valence electrons. The molecule has 28 heavy (non-hydrogen) atoms. The SMILES string of the molecule is Cc1ccc(S(=O)(=O)O)c(CC2Cc3cccc(-c4ccc(Cl)cc4)c3O2)c1. The van der Waals surface area contributed by atoms with Gasteiger partial charge in [0, 0.05) is 23.4 Å². The predicted molar refractivity (Wildman–Crippen MR) is 110 cm³/mol. The molecular weight excluding hydrogens is 396 g/mol. The van der Waals surface area contributed by atoms with Crippen molar-refractivity contribution in [2.75, 3.05) is 0 Å². The van der Waals surface area contributed by atoms with Crippen LogP contribution >= 0.6 is 11.6 Å². The number of fused-ring (bicyclic) bond motifs is 1. The first-order valence-electron chi connectivity index (χ1n) is 8.93.